The van der Waals surface area contributed by atoms with Crippen molar-refractivity contribution in [2.45, 2.75) is 18.7 Å². The summed E-state index contributed by atoms with van der Waals surface area (Å²) in [5, 5.41) is 6.28. The molecule has 1 aromatic heterocycles. The summed E-state index contributed by atoms with van der Waals surface area (Å²) in [7, 11) is -3.97. The smallest absolute Gasteiger partial charge is 0.362 e. The quantitative estimate of drug-likeness (QED) is 0.472. The molecular formula is C20H19ClN4O5S2. The lowest BCUT2D eigenvalue weighted by molar-refractivity contribution is 0.0520. The Labute approximate surface area is 194 Å². The van der Waals surface area contributed by atoms with Gasteiger partial charge in [-0.05, 0) is 44.2 Å². The minimum Gasteiger partial charge on any atom is -0.461 e. The number of hydrogen-bond donors (Lipinski definition) is 1. The molecule has 1 N–H and O–H groups in total. The summed E-state index contributed by atoms with van der Waals surface area (Å²) in [5.74, 6) is -1.45. The monoisotopic (exact) mass is 494 g/mol. The van der Waals surface area contributed by atoms with Crippen molar-refractivity contribution < 1.29 is 22.7 Å². The molecule has 0 fully saturated rings. The van der Waals surface area contributed by atoms with E-state index in [9.17, 15) is 18.0 Å². The molecule has 0 spiro atoms. The van der Waals surface area contributed by atoms with Gasteiger partial charge in [-0.1, -0.05) is 34.3 Å². The Hall–Kier alpha value is -3.02. The Bertz CT molecular complexity index is 1230. The molecule has 0 bridgehead atoms. The molecule has 1 amide bonds. The Morgan fingerprint density at radius 2 is 1.88 bits per heavy atom. The van der Waals surface area contributed by atoms with E-state index in [1.54, 1.807) is 44.2 Å². The molecule has 0 unspecified atom stereocenters. The second kappa shape index (κ2) is 10.1. The molecule has 1 heterocycles. The number of sulfonamides is 1. The van der Waals surface area contributed by atoms with Crippen LogP contribution in [0.5, 0.6) is 0 Å². The second-order valence-electron chi connectivity index (χ2n) is 6.27. The van der Waals surface area contributed by atoms with Crippen LogP contribution in [0.1, 0.15) is 34.7 Å². The van der Waals surface area contributed by atoms with Crippen molar-refractivity contribution in [3.05, 3.63) is 64.8 Å². The number of anilines is 2. The van der Waals surface area contributed by atoms with E-state index in [1.165, 1.54) is 22.5 Å². The maximum atomic E-state index is 13.3. The summed E-state index contributed by atoms with van der Waals surface area (Å²) in [6.07, 6.45) is 0. The Balaban J connectivity index is 1.93. The highest BCUT2D eigenvalue weighted by Gasteiger charge is 2.26. The number of ether oxygens (including phenoxy) is 1. The van der Waals surface area contributed by atoms with Crippen molar-refractivity contribution in [1.29, 1.82) is 0 Å². The fourth-order valence-corrected chi connectivity index (χ4v) is 5.08. The van der Waals surface area contributed by atoms with Gasteiger partial charge in [0.2, 0.25) is 5.69 Å². The molecule has 0 saturated carbocycles. The lowest BCUT2D eigenvalue weighted by Gasteiger charge is -2.23. The molecule has 0 aliphatic rings. The summed E-state index contributed by atoms with van der Waals surface area (Å²) in [6, 6.07) is 12.5. The Morgan fingerprint density at radius 1 is 1.16 bits per heavy atom. The van der Waals surface area contributed by atoms with Crippen LogP contribution >= 0.6 is 23.1 Å². The van der Waals surface area contributed by atoms with Crippen LogP contribution in [0.3, 0.4) is 0 Å². The Kier molecular flexibility index (Phi) is 7.44. The van der Waals surface area contributed by atoms with Crippen molar-refractivity contribution in [2.24, 2.45) is 0 Å². The van der Waals surface area contributed by atoms with E-state index in [0.717, 1.165) is 11.5 Å². The highest BCUT2D eigenvalue weighted by atomic mass is 35.5. The number of nitrogens with one attached hydrogen (secondary N) is 1. The minimum absolute atomic E-state index is 0.0411. The van der Waals surface area contributed by atoms with E-state index in [-0.39, 0.29) is 39.3 Å². The zero-order valence-electron chi connectivity index (χ0n) is 17.1. The van der Waals surface area contributed by atoms with E-state index >= 15 is 0 Å². The van der Waals surface area contributed by atoms with Gasteiger partial charge in [0.25, 0.3) is 15.9 Å². The van der Waals surface area contributed by atoms with Crippen LogP contribution in [0, 0.1) is 0 Å². The summed E-state index contributed by atoms with van der Waals surface area (Å²) < 4.78 is 36.3. The molecule has 0 atom stereocenters. The predicted octanol–water partition coefficient (Wildman–Crippen LogP) is 3.84. The van der Waals surface area contributed by atoms with E-state index in [2.05, 4.69) is 14.9 Å². The van der Waals surface area contributed by atoms with E-state index < -0.39 is 21.9 Å². The SMILES string of the molecule is CCOC(=O)c1nnsc1NC(=O)c1cc(S(=O)(=O)N(CC)c2ccccc2)ccc1Cl. The first kappa shape index (κ1) is 23.6. The van der Waals surface area contributed by atoms with Crippen LogP contribution in [-0.4, -0.2) is 43.0 Å². The highest BCUT2D eigenvalue weighted by Crippen LogP contribution is 2.28. The van der Waals surface area contributed by atoms with Gasteiger partial charge < -0.3 is 10.1 Å². The number of carbonyl (C=O) groups is 2. The lowest BCUT2D eigenvalue weighted by atomic mass is 10.2. The number of hydrogen-bond acceptors (Lipinski definition) is 8. The molecule has 0 aliphatic heterocycles. The van der Waals surface area contributed by atoms with Gasteiger partial charge in [0.05, 0.1) is 27.8 Å². The van der Waals surface area contributed by atoms with Crippen molar-refractivity contribution in [3.8, 4) is 0 Å². The van der Waals surface area contributed by atoms with Crippen LogP contribution in [-0.2, 0) is 14.8 Å². The zero-order chi connectivity index (χ0) is 23.3. The third kappa shape index (κ3) is 4.90. The van der Waals surface area contributed by atoms with Gasteiger partial charge in [-0.3, -0.25) is 9.10 Å². The number of amides is 1. The third-order valence-corrected chi connectivity index (χ3v) is 7.16. The average Bonchev–Trinajstić information content (AvgIpc) is 3.23. The molecule has 3 rings (SSSR count). The Morgan fingerprint density at radius 3 is 2.53 bits per heavy atom. The average molecular weight is 495 g/mol. The van der Waals surface area contributed by atoms with Gasteiger partial charge in [0, 0.05) is 18.1 Å². The zero-order valence-corrected chi connectivity index (χ0v) is 19.5. The minimum atomic E-state index is -3.97. The molecule has 0 saturated heterocycles. The van der Waals surface area contributed by atoms with Gasteiger partial charge in [0.15, 0.2) is 5.00 Å². The fourth-order valence-electron chi connectivity index (χ4n) is 2.83. The molecule has 0 radical (unpaired) electrons. The first-order chi connectivity index (χ1) is 15.3. The van der Waals surface area contributed by atoms with Crippen molar-refractivity contribution in [1.82, 2.24) is 9.59 Å². The number of esters is 1. The number of nitrogens with zero attached hydrogens (tertiary/aromatic N) is 3. The molecule has 9 nitrogen and oxygen atoms in total. The summed E-state index contributed by atoms with van der Waals surface area (Å²) in [4.78, 5) is 24.7. The summed E-state index contributed by atoms with van der Waals surface area (Å²) in [5.41, 5.74) is 0.261. The van der Waals surface area contributed by atoms with Gasteiger partial charge in [-0.15, -0.1) is 5.10 Å². The topological polar surface area (TPSA) is 119 Å². The number of rotatable bonds is 8. The maximum Gasteiger partial charge on any atom is 0.362 e. The standard InChI is InChI=1S/C20H19ClN4O5S2/c1-3-25(13-8-6-5-7-9-13)32(28,29)14-10-11-16(21)15(12-14)18(26)22-19-17(23-24-31-19)20(27)30-4-2/h5-12H,3-4H2,1-2H3,(H,22,26). The van der Waals surface area contributed by atoms with E-state index in [4.69, 9.17) is 16.3 Å². The second-order valence-corrected chi connectivity index (χ2v) is 9.30. The lowest BCUT2D eigenvalue weighted by Crippen LogP contribution is -2.31. The largest absolute Gasteiger partial charge is 0.461 e. The molecule has 3 aromatic rings. The molecule has 12 heteroatoms. The molecule has 32 heavy (non-hydrogen) atoms. The first-order valence-electron chi connectivity index (χ1n) is 9.47. The first-order valence-corrected chi connectivity index (χ1v) is 12.1. The van der Waals surface area contributed by atoms with Crippen molar-refractivity contribution in [3.63, 3.8) is 0 Å². The number of halogens is 1. The summed E-state index contributed by atoms with van der Waals surface area (Å²) in [6.45, 7) is 3.66. The van der Waals surface area contributed by atoms with Crippen LogP contribution in [0.25, 0.3) is 0 Å². The number of carbonyl (C=O) groups excluding carboxylic acids is 2. The molecule has 2 aromatic carbocycles. The number of aromatic nitrogens is 2. The van der Waals surface area contributed by atoms with Crippen LogP contribution in [0.15, 0.2) is 53.4 Å². The van der Waals surface area contributed by atoms with Crippen LogP contribution in [0.4, 0.5) is 10.7 Å². The molecule has 0 aliphatic carbocycles. The molecular weight excluding hydrogens is 476 g/mol. The third-order valence-electron chi connectivity index (χ3n) is 4.29. The van der Waals surface area contributed by atoms with Crippen molar-refractivity contribution in [2.75, 3.05) is 22.8 Å². The normalized spacial score (nSPS) is 11.1. The van der Waals surface area contributed by atoms with E-state index in [1.807, 2.05) is 0 Å². The summed E-state index contributed by atoms with van der Waals surface area (Å²) >= 11 is 6.96. The maximum absolute atomic E-state index is 13.3. The highest BCUT2D eigenvalue weighted by molar-refractivity contribution is 7.92. The van der Waals surface area contributed by atoms with Gasteiger partial charge >= 0.3 is 5.97 Å². The fraction of sp³-hybridized carbons (Fsp3) is 0.200. The van der Waals surface area contributed by atoms with E-state index in [0.29, 0.717) is 5.69 Å². The van der Waals surface area contributed by atoms with Crippen LogP contribution < -0.4 is 9.62 Å². The predicted molar refractivity (Wildman–Crippen MR) is 122 cm³/mol. The van der Waals surface area contributed by atoms with Gasteiger partial charge in [-0.25, -0.2) is 13.2 Å². The van der Waals surface area contributed by atoms with Crippen LogP contribution in [0.2, 0.25) is 5.02 Å². The van der Waals surface area contributed by atoms with Gasteiger partial charge in [0.1, 0.15) is 0 Å². The van der Waals surface area contributed by atoms with Crippen molar-refractivity contribution >= 4 is 55.7 Å². The van der Waals surface area contributed by atoms with Gasteiger partial charge in [-0.2, -0.15) is 0 Å². The molecule has 168 valence electrons. The number of para-hydroxylation sites is 1. The number of benzene rings is 2.